The lowest BCUT2D eigenvalue weighted by molar-refractivity contribution is 0.623. The Morgan fingerprint density at radius 1 is 0.600 bits per heavy atom. The van der Waals surface area contributed by atoms with Crippen molar-refractivity contribution in [1.29, 1.82) is 0 Å². The molecule has 2 atom stereocenters. The average molecular weight is 369 g/mol. The molecule has 25 heavy (non-hydrogen) atoms. The number of para-hydroxylation sites is 2. The zero-order chi connectivity index (χ0) is 17.2. The van der Waals surface area contributed by atoms with Gasteiger partial charge in [-0.1, -0.05) is 59.6 Å². The summed E-state index contributed by atoms with van der Waals surface area (Å²) in [6.07, 6.45) is 0.915. The molecule has 0 amide bonds. The van der Waals surface area contributed by atoms with Gasteiger partial charge in [0, 0.05) is 10.0 Å². The highest BCUT2D eigenvalue weighted by molar-refractivity contribution is 6.30. The fraction of sp³-hybridized carbons (Fsp3) is 0.143. The molecule has 0 aliphatic carbocycles. The number of anilines is 2. The van der Waals surface area contributed by atoms with Crippen LogP contribution < -0.4 is 10.6 Å². The molecule has 1 aliphatic heterocycles. The number of rotatable bonds is 2. The molecule has 3 aromatic carbocycles. The molecule has 0 saturated carbocycles. The largest absolute Gasteiger partial charge is 0.376 e. The molecule has 1 aliphatic rings. The van der Waals surface area contributed by atoms with E-state index < -0.39 is 0 Å². The van der Waals surface area contributed by atoms with E-state index in [0.717, 1.165) is 27.8 Å². The molecule has 2 N–H and O–H groups in total. The molecule has 4 rings (SSSR count). The van der Waals surface area contributed by atoms with Gasteiger partial charge in [-0.25, -0.2) is 0 Å². The van der Waals surface area contributed by atoms with Crippen molar-refractivity contribution in [2.45, 2.75) is 18.5 Å². The number of halogens is 2. The van der Waals surface area contributed by atoms with Crippen LogP contribution in [0.5, 0.6) is 0 Å². The number of hydrogen-bond acceptors (Lipinski definition) is 2. The van der Waals surface area contributed by atoms with Crippen molar-refractivity contribution < 1.29 is 0 Å². The third kappa shape index (κ3) is 3.60. The van der Waals surface area contributed by atoms with E-state index in [1.807, 2.05) is 24.3 Å². The van der Waals surface area contributed by atoms with Crippen LogP contribution in [0.2, 0.25) is 10.0 Å². The first-order chi connectivity index (χ1) is 12.2. The summed E-state index contributed by atoms with van der Waals surface area (Å²) >= 11 is 12.1. The maximum Gasteiger partial charge on any atom is 0.0580 e. The number of hydrogen-bond donors (Lipinski definition) is 2. The minimum atomic E-state index is 0.189. The maximum absolute atomic E-state index is 6.06. The molecule has 0 bridgehead atoms. The molecule has 0 radical (unpaired) electrons. The normalized spacial score (nSPS) is 19.3. The van der Waals surface area contributed by atoms with Crippen molar-refractivity contribution in [2.24, 2.45) is 0 Å². The van der Waals surface area contributed by atoms with Crippen LogP contribution in [0, 0.1) is 0 Å². The first kappa shape index (κ1) is 16.3. The van der Waals surface area contributed by atoms with Gasteiger partial charge in [-0.2, -0.15) is 0 Å². The van der Waals surface area contributed by atoms with Crippen LogP contribution >= 0.6 is 23.2 Å². The highest BCUT2D eigenvalue weighted by atomic mass is 35.5. The third-order valence-electron chi connectivity index (χ3n) is 4.60. The highest BCUT2D eigenvalue weighted by Crippen LogP contribution is 2.39. The fourth-order valence-corrected chi connectivity index (χ4v) is 3.54. The predicted octanol–water partition coefficient (Wildman–Crippen LogP) is 6.70. The van der Waals surface area contributed by atoms with E-state index in [4.69, 9.17) is 23.2 Å². The fourth-order valence-electron chi connectivity index (χ4n) is 3.29. The Morgan fingerprint density at radius 2 is 1.00 bits per heavy atom. The van der Waals surface area contributed by atoms with Gasteiger partial charge in [0.15, 0.2) is 0 Å². The van der Waals surface area contributed by atoms with E-state index in [1.54, 1.807) is 0 Å². The lowest BCUT2D eigenvalue weighted by atomic mass is 9.95. The van der Waals surface area contributed by atoms with Crippen LogP contribution in [0.1, 0.15) is 29.6 Å². The lowest BCUT2D eigenvalue weighted by Gasteiger charge is -2.22. The minimum absolute atomic E-state index is 0.189. The quantitative estimate of drug-likeness (QED) is 0.525. The van der Waals surface area contributed by atoms with Gasteiger partial charge in [-0.3, -0.25) is 0 Å². The average Bonchev–Trinajstić information content (AvgIpc) is 2.82. The topological polar surface area (TPSA) is 24.1 Å². The predicted molar refractivity (Wildman–Crippen MR) is 107 cm³/mol. The van der Waals surface area contributed by atoms with Gasteiger partial charge in [0.2, 0.25) is 0 Å². The summed E-state index contributed by atoms with van der Waals surface area (Å²) in [5.41, 5.74) is 4.67. The van der Waals surface area contributed by atoms with Gasteiger partial charge < -0.3 is 10.6 Å². The second-order valence-corrected chi connectivity index (χ2v) is 7.15. The summed E-state index contributed by atoms with van der Waals surface area (Å²) in [4.78, 5) is 0. The maximum atomic E-state index is 6.06. The van der Waals surface area contributed by atoms with Crippen LogP contribution in [0.4, 0.5) is 11.4 Å². The van der Waals surface area contributed by atoms with Gasteiger partial charge in [0.1, 0.15) is 0 Å². The monoisotopic (exact) mass is 368 g/mol. The Kier molecular flexibility index (Phi) is 4.56. The van der Waals surface area contributed by atoms with E-state index in [0.29, 0.717) is 0 Å². The molecule has 0 saturated heterocycles. The molecule has 3 aromatic rings. The third-order valence-corrected chi connectivity index (χ3v) is 5.11. The first-order valence-electron chi connectivity index (χ1n) is 8.32. The van der Waals surface area contributed by atoms with Crippen LogP contribution in [0.15, 0.2) is 72.8 Å². The Hall–Kier alpha value is -2.16. The van der Waals surface area contributed by atoms with Crippen molar-refractivity contribution in [3.63, 3.8) is 0 Å². The van der Waals surface area contributed by atoms with Crippen LogP contribution in [0.25, 0.3) is 0 Å². The van der Waals surface area contributed by atoms with E-state index in [9.17, 15) is 0 Å². The zero-order valence-corrected chi connectivity index (χ0v) is 15.1. The molecule has 0 fully saturated rings. The summed E-state index contributed by atoms with van der Waals surface area (Å²) < 4.78 is 0. The Balaban J connectivity index is 1.72. The Labute approximate surface area is 157 Å². The summed E-state index contributed by atoms with van der Waals surface area (Å²) in [5.74, 6) is 0. The van der Waals surface area contributed by atoms with Crippen molar-refractivity contribution in [2.75, 3.05) is 10.6 Å². The number of nitrogens with one attached hydrogen (secondary N) is 2. The SMILES string of the molecule is Clc1ccc(C2CC(c3ccc(Cl)cc3)Nc3ccccc3N2)cc1. The second-order valence-electron chi connectivity index (χ2n) is 6.28. The van der Waals surface area contributed by atoms with Gasteiger partial charge in [-0.15, -0.1) is 0 Å². The molecule has 2 unspecified atom stereocenters. The van der Waals surface area contributed by atoms with Crippen LogP contribution in [-0.4, -0.2) is 0 Å². The Morgan fingerprint density at radius 3 is 1.40 bits per heavy atom. The van der Waals surface area contributed by atoms with E-state index in [2.05, 4.69) is 59.2 Å². The van der Waals surface area contributed by atoms with Crippen molar-refractivity contribution in [1.82, 2.24) is 0 Å². The Bertz CT molecular complexity index is 787. The summed E-state index contributed by atoms with van der Waals surface area (Å²) in [6, 6.07) is 24.8. The smallest absolute Gasteiger partial charge is 0.0580 e. The minimum Gasteiger partial charge on any atom is -0.376 e. The molecular formula is C21H18Cl2N2. The molecular weight excluding hydrogens is 351 g/mol. The van der Waals surface area contributed by atoms with Crippen LogP contribution in [0.3, 0.4) is 0 Å². The molecule has 126 valence electrons. The van der Waals surface area contributed by atoms with E-state index in [-0.39, 0.29) is 12.1 Å². The lowest BCUT2D eigenvalue weighted by Crippen LogP contribution is -2.15. The molecule has 1 heterocycles. The molecule has 0 spiro atoms. The number of fused-ring (bicyclic) bond motifs is 1. The summed E-state index contributed by atoms with van der Waals surface area (Å²) in [7, 11) is 0. The van der Waals surface area contributed by atoms with Crippen molar-refractivity contribution >= 4 is 34.6 Å². The van der Waals surface area contributed by atoms with Crippen LogP contribution in [-0.2, 0) is 0 Å². The zero-order valence-electron chi connectivity index (χ0n) is 13.5. The molecule has 0 aromatic heterocycles. The van der Waals surface area contributed by atoms with Crippen molar-refractivity contribution in [3.8, 4) is 0 Å². The summed E-state index contributed by atoms with van der Waals surface area (Å²) in [6.45, 7) is 0. The first-order valence-corrected chi connectivity index (χ1v) is 9.08. The standard InChI is InChI=1S/C21H18Cl2N2/c22-16-9-5-14(6-10-16)20-13-21(15-7-11-17(23)12-8-15)25-19-4-2-1-3-18(19)24-20/h1-12,20-21,24-25H,13H2. The summed E-state index contributed by atoms with van der Waals surface area (Å²) in [5, 5.41) is 8.86. The molecule has 2 nitrogen and oxygen atoms in total. The van der Waals surface area contributed by atoms with Crippen molar-refractivity contribution in [3.05, 3.63) is 94.0 Å². The molecule has 4 heteroatoms. The van der Waals surface area contributed by atoms with E-state index in [1.165, 1.54) is 11.1 Å². The highest BCUT2D eigenvalue weighted by Gasteiger charge is 2.24. The van der Waals surface area contributed by atoms with Gasteiger partial charge in [0.25, 0.3) is 0 Å². The number of benzene rings is 3. The van der Waals surface area contributed by atoms with E-state index >= 15 is 0 Å². The van der Waals surface area contributed by atoms with Gasteiger partial charge >= 0.3 is 0 Å². The van der Waals surface area contributed by atoms with Gasteiger partial charge in [0.05, 0.1) is 23.5 Å². The van der Waals surface area contributed by atoms with Gasteiger partial charge in [-0.05, 0) is 53.9 Å². The second kappa shape index (κ2) is 6.99.